The largest absolute Gasteiger partial charge is 0.379 e. The van der Waals surface area contributed by atoms with Crippen molar-refractivity contribution in [2.75, 3.05) is 26.3 Å². The van der Waals surface area contributed by atoms with E-state index >= 15 is 0 Å². The Morgan fingerprint density at radius 1 is 1.06 bits per heavy atom. The number of aromatic nitrogens is 1. The van der Waals surface area contributed by atoms with Gasteiger partial charge in [-0.05, 0) is 49.7 Å². The van der Waals surface area contributed by atoms with Crippen LogP contribution in [-0.4, -0.2) is 55.8 Å². The first-order chi connectivity index (χ1) is 15.8. The summed E-state index contributed by atoms with van der Waals surface area (Å²) in [5.74, 6) is -0.986. The molecule has 1 fully saturated rings. The maximum absolute atomic E-state index is 12.8. The first-order valence-electron chi connectivity index (χ1n) is 10.6. The van der Waals surface area contributed by atoms with Crippen molar-refractivity contribution in [1.29, 1.82) is 0 Å². The molecule has 2 aromatic carbocycles. The molecule has 0 saturated carbocycles. The van der Waals surface area contributed by atoms with Crippen molar-refractivity contribution in [3.63, 3.8) is 0 Å². The second kappa shape index (κ2) is 9.34. The Hall–Kier alpha value is -3.21. The van der Waals surface area contributed by atoms with Crippen LogP contribution in [0.4, 0.5) is 0 Å². The molecule has 1 aromatic heterocycles. The van der Waals surface area contributed by atoms with Gasteiger partial charge in [0.2, 0.25) is 15.9 Å². The number of hydrogen-bond acceptors (Lipinski definition) is 5. The Morgan fingerprint density at radius 3 is 2.58 bits per heavy atom. The van der Waals surface area contributed by atoms with Gasteiger partial charge in [0, 0.05) is 35.2 Å². The summed E-state index contributed by atoms with van der Waals surface area (Å²) in [5, 5.41) is 0.968. The molecule has 0 atom stereocenters. The van der Waals surface area contributed by atoms with Gasteiger partial charge in [0.05, 0.1) is 24.5 Å². The highest BCUT2D eigenvalue weighted by Gasteiger charge is 2.27. The lowest BCUT2D eigenvalue weighted by molar-refractivity contribution is -0.121. The average molecular weight is 471 g/mol. The number of amides is 2. The summed E-state index contributed by atoms with van der Waals surface area (Å²) in [6.45, 7) is 5.08. The minimum absolute atomic E-state index is 0.0214. The van der Waals surface area contributed by atoms with E-state index in [1.807, 2.05) is 32.0 Å². The van der Waals surface area contributed by atoms with Crippen molar-refractivity contribution in [1.82, 2.24) is 20.1 Å². The first-order valence-corrected chi connectivity index (χ1v) is 12.0. The molecule has 1 saturated heterocycles. The Balaban J connectivity index is 1.42. The molecule has 2 heterocycles. The number of hydrogen-bond donors (Lipinski definition) is 3. The number of H-pyrrole nitrogens is 1. The van der Waals surface area contributed by atoms with Crippen LogP contribution in [0.3, 0.4) is 0 Å². The maximum atomic E-state index is 12.8. The quantitative estimate of drug-likeness (QED) is 0.491. The fraction of sp³-hybridized carbons (Fsp3) is 0.304. The minimum atomic E-state index is -3.73. The van der Waals surface area contributed by atoms with Crippen molar-refractivity contribution in [2.24, 2.45) is 0 Å². The Kier molecular flexibility index (Phi) is 6.50. The van der Waals surface area contributed by atoms with Crippen LogP contribution in [0.2, 0.25) is 0 Å². The topological polar surface area (TPSA) is 121 Å². The minimum Gasteiger partial charge on any atom is -0.379 e. The van der Waals surface area contributed by atoms with Crippen LogP contribution in [0.5, 0.6) is 0 Å². The van der Waals surface area contributed by atoms with Gasteiger partial charge >= 0.3 is 0 Å². The highest BCUT2D eigenvalue weighted by atomic mass is 32.2. The summed E-state index contributed by atoms with van der Waals surface area (Å²) in [5.41, 5.74) is 8.70. The molecule has 3 N–H and O–H groups in total. The van der Waals surface area contributed by atoms with Crippen molar-refractivity contribution >= 4 is 32.7 Å². The van der Waals surface area contributed by atoms with E-state index in [1.54, 1.807) is 0 Å². The van der Waals surface area contributed by atoms with Crippen LogP contribution in [0, 0.1) is 13.8 Å². The maximum Gasteiger partial charge on any atom is 0.269 e. The molecule has 3 aromatic rings. The number of carbonyl (C=O) groups excluding carboxylic acids is 2. The monoisotopic (exact) mass is 470 g/mol. The van der Waals surface area contributed by atoms with Crippen LogP contribution >= 0.6 is 0 Å². The summed E-state index contributed by atoms with van der Waals surface area (Å²) in [7, 11) is -3.73. The SMILES string of the molecule is Cc1ccc2[nH]c(C)c(CC(=O)NNC(=O)c3cccc(S(=O)(=O)N4CCOCC4)c3)c2c1. The van der Waals surface area contributed by atoms with E-state index < -0.39 is 15.9 Å². The average Bonchev–Trinajstić information content (AvgIpc) is 3.12. The molecule has 0 unspecified atom stereocenters. The molecular formula is C23H26N4O5S. The van der Waals surface area contributed by atoms with Gasteiger partial charge in [0.25, 0.3) is 5.91 Å². The number of aromatic amines is 1. The van der Waals surface area contributed by atoms with Gasteiger partial charge in [-0.15, -0.1) is 0 Å². The van der Waals surface area contributed by atoms with Gasteiger partial charge in [0.1, 0.15) is 0 Å². The molecule has 10 heteroatoms. The van der Waals surface area contributed by atoms with Gasteiger partial charge in [-0.1, -0.05) is 17.7 Å². The summed E-state index contributed by atoms with van der Waals surface area (Å²) in [6.07, 6.45) is 0.0843. The van der Waals surface area contributed by atoms with E-state index in [1.165, 1.54) is 28.6 Å². The zero-order valence-corrected chi connectivity index (χ0v) is 19.3. The fourth-order valence-electron chi connectivity index (χ4n) is 3.86. The van der Waals surface area contributed by atoms with Crippen LogP contribution in [-0.2, 0) is 26.0 Å². The molecule has 0 spiro atoms. The van der Waals surface area contributed by atoms with Crippen LogP contribution in [0.25, 0.3) is 10.9 Å². The Bertz CT molecular complexity index is 1310. The number of nitrogens with one attached hydrogen (secondary N) is 3. The molecule has 0 aliphatic carbocycles. The lowest BCUT2D eigenvalue weighted by Crippen LogP contribution is -2.42. The fourth-order valence-corrected chi connectivity index (χ4v) is 5.32. The standard InChI is InChI=1S/C23H26N4O5S/c1-15-6-7-21-20(12-15)19(16(2)24-21)14-22(28)25-26-23(29)17-4-3-5-18(13-17)33(30,31)27-8-10-32-11-9-27/h3-7,12-13,24H,8-11,14H2,1-2H3,(H,25,28)(H,26,29). The second-order valence-electron chi connectivity index (χ2n) is 8.00. The first kappa shape index (κ1) is 23.0. The number of aryl methyl sites for hydroxylation is 2. The normalized spacial score (nSPS) is 14.8. The van der Waals surface area contributed by atoms with Crippen molar-refractivity contribution < 1.29 is 22.7 Å². The van der Waals surface area contributed by atoms with E-state index in [0.29, 0.717) is 13.2 Å². The number of fused-ring (bicyclic) bond motifs is 1. The summed E-state index contributed by atoms with van der Waals surface area (Å²) in [4.78, 5) is 28.4. The number of benzene rings is 2. The summed E-state index contributed by atoms with van der Waals surface area (Å²) in [6, 6.07) is 11.7. The van der Waals surface area contributed by atoms with E-state index in [9.17, 15) is 18.0 Å². The molecule has 4 rings (SSSR count). The van der Waals surface area contributed by atoms with Gasteiger partial charge in [-0.2, -0.15) is 4.31 Å². The Labute approximate surface area is 192 Å². The third-order valence-corrected chi connectivity index (χ3v) is 7.53. The Morgan fingerprint density at radius 2 is 1.82 bits per heavy atom. The van der Waals surface area contributed by atoms with E-state index in [0.717, 1.165) is 27.7 Å². The van der Waals surface area contributed by atoms with E-state index in [-0.39, 0.29) is 35.9 Å². The molecule has 174 valence electrons. The van der Waals surface area contributed by atoms with Crippen LogP contribution in [0.1, 0.15) is 27.2 Å². The number of carbonyl (C=O) groups is 2. The second-order valence-corrected chi connectivity index (χ2v) is 9.94. The van der Waals surface area contributed by atoms with Crippen molar-refractivity contribution in [3.8, 4) is 0 Å². The molecule has 1 aliphatic rings. The number of sulfonamides is 1. The van der Waals surface area contributed by atoms with Crippen molar-refractivity contribution in [2.45, 2.75) is 25.2 Å². The lowest BCUT2D eigenvalue weighted by atomic mass is 10.1. The molecule has 1 aliphatic heterocycles. The highest BCUT2D eigenvalue weighted by molar-refractivity contribution is 7.89. The zero-order valence-electron chi connectivity index (χ0n) is 18.5. The molecule has 9 nitrogen and oxygen atoms in total. The number of ether oxygens (including phenoxy) is 1. The third kappa shape index (κ3) is 4.92. The number of rotatable bonds is 5. The van der Waals surface area contributed by atoms with E-state index in [4.69, 9.17) is 4.74 Å². The molecule has 2 amide bonds. The molecule has 0 radical (unpaired) electrons. The zero-order chi connectivity index (χ0) is 23.6. The number of morpholine rings is 1. The number of nitrogens with zero attached hydrogens (tertiary/aromatic N) is 1. The molecule has 33 heavy (non-hydrogen) atoms. The summed E-state index contributed by atoms with van der Waals surface area (Å²) < 4.78 is 32.2. The van der Waals surface area contributed by atoms with Crippen LogP contribution < -0.4 is 10.9 Å². The predicted molar refractivity (Wildman–Crippen MR) is 123 cm³/mol. The van der Waals surface area contributed by atoms with Crippen LogP contribution in [0.15, 0.2) is 47.4 Å². The van der Waals surface area contributed by atoms with Gasteiger partial charge in [-0.3, -0.25) is 20.4 Å². The van der Waals surface area contributed by atoms with Gasteiger partial charge in [0.15, 0.2) is 0 Å². The van der Waals surface area contributed by atoms with Gasteiger partial charge in [-0.25, -0.2) is 8.42 Å². The highest BCUT2D eigenvalue weighted by Crippen LogP contribution is 2.24. The lowest BCUT2D eigenvalue weighted by Gasteiger charge is -2.26. The molecule has 0 bridgehead atoms. The molecular weight excluding hydrogens is 444 g/mol. The smallest absolute Gasteiger partial charge is 0.269 e. The number of hydrazine groups is 1. The van der Waals surface area contributed by atoms with Crippen molar-refractivity contribution in [3.05, 3.63) is 64.8 Å². The third-order valence-electron chi connectivity index (χ3n) is 5.63. The predicted octanol–water partition coefficient (Wildman–Crippen LogP) is 1.81. The van der Waals surface area contributed by atoms with E-state index in [2.05, 4.69) is 15.8 Å². The summed E-state index contributed by atoms with van der Waals surface area (Å²) >= 11 is 0. The van der Waals surface area contributed by atoms with Gasteiger partial charge < -0.3 is 9.72 Å².